The zero-order valence-electron chi connectivity index (χ0n) is 6.34. The van der Waals surface area contributed by atoms with Gasteiger partial charge in [0.15, 0.2) is 0 Å². The van der Waals surface area contributed by atoms with Crippen LogP contribution in [0.2, 0.25) is 0 Å². The van der Waals surface area contributed by atoms with Gasteiger partial charge < -0.3 is 34.4 Å². The summed E-state index contributed by atoms with van der Waals surface area (Å²) in [5.74, 6) is 0. The van der Waals surface area contributed by atoms with E-state index in [0.717, 1.165) is 11.0 Å². The third kappa shape index (κ3) is 22.9. The molecule has 2 nitrogen and oxygen atoms in total. The van der Waals surface area contributed by atoms with Gasteiger partial charge in [0.25, 0.3) is 0 Å². The smallest absolute Gasteiger partial charge is 1.00 e. The van der Waals surface area contributed by atoms with Gasteiger partial charge in [-0.05, 0) is 0 Å². The van der Waals surface area contributed by atoms with Gasteiger partial charge in [0.1, 0.15) is 0 Å². The second-order valence-corrected chi connectivity index (χ2v) is 2.72. The van der Waals surface area contributed by atoms with Crippen LogP contribution in [0.5, 0.6) is 0 Å². The minimum Gasteiger partial charge on any atom is -1.00 e. The largest absolute Gasteiger partial charge is 2.00 e. The molecule has 0 fully saturated rings. The predicted octanol–water partition coefficient (Wildman–Crippen LogP) is -6.94. The second kappa shape index (κ2) is 10.2. The number of quaternary nitrogens is 1. The number of nitrogens with zero attached hydrogens (tertiary/aromatic N) is 1. The molecule has 5 heteroatoms. The summed E-state index contributed by atoms with van der Waals surface area (Å²) in [5.41, 5.74) is 0. The van der Waals surface area contributed by atoms with Gasteiger partial charge in [-0.3, -0.25) is 0 Å². The quantitative estimate of drug-likeness (QED) is 0.444. The number of halogens is 2. The Morgan fingerprint density at radius 1 is 1.10 bits per heavy atom. The fraction of sp³-hybridized carbons (Fsp3) is 1.00. The van der Waals surface area contributed by atoms with Crippen molar-refractivity contribution in [2.45, 2.75) is 0 Å². The molecule has 0 radical (unpaired) electrons. The first-order valence-corrected chi connectivity index (χ1v) is 2.45. The number of hydrogen-bond donors (Lipinski definition) is 0. The minimum atomic E-state index is 0. The standard InChI is InChI=1S/C5H13NO.2ClH.Pt/c1-6(2,3)4-5-7;;;/h4-5H2,1-3H3;2*1H;/q;;;+2/p-2. The first kappa shape index (κ1) is 22.5. The van der Waals surface area contributed by atoms with Crippen LogP contribution in [0.4, 0.5) is 0 Å². The van der Waals surface area contributed by atoms with Crippen molar-refractivity contribution in [3.05, 3.63) is 0 Å². The summed E-state index contributed by atoms with van der Waals surface area (Å²) >= 11 is 0. The SMILES string of the molecule is C[N+](C)(C)CC[O-].[Cl-].[Cl-].[Pt+2]. The summed E-state index contributed by atoms with van der Waals surface area (Å²) in [6.07, 6.45) is 0. The van der Waals surface area contributed by atoms with Crippen molar-refractivity contribution in [3.63, 3.8) is 0 Å². The van der Waals surface area contributed by atoms with E-state index < -0.39 is 0 Å². The molecule has 0 aromatic rings. The van der Waals surface area contributed by atoms with Gasteiger partial charge in [0.2, 0.25) is 0 Å². The summed E-state index contributed by atoms with van der Waals surface area (Å²) in [4.78, 5) is 0. The Balaban J connectivity index is -0.0000000600. The molecule has 0 bridgehead atoms. The van der Waals surface area contributed by atoms with E-state index in [1.165, 1.54) is 0 Å². The fourth-order valence-electron chi connectivity index (χ4n) is 0.274. The number of hydrogen-bond acceptors (Lipinski definition) is 1. The van der Waals surface area contributed by atoms with E-state index in [4.69, 9.17) is 0 Å². The third-order valence-electron chi connectivity index (χ3n) is 0.762. The van der Waals surface area contributed by atoms with Crippen LogP contribution < -0.4 is 29.9 Å². The first-order valence-electron chi connectivity index (χ1n) is 2.45. The van der Waals surface area contributed by atoms with Crippen molar-refractivity contribution in [1.29, 1.82) is 0 Å². The normalized spacial score (nSPS) is 8.40. The van der Waals surface area contributed by atoms with Crippen molar-refractivity contribution in [2.75, 3.05) is 34.3 Å². The van der Waals surface area contributed by atoms with Crippen LogP contribution in [-0.2, 0) is 21.1 Å². The topological polar surface area (TPSA) is 23.1 Å². The Bertz CT molecular complexity index is 58.1. The summed E-state index contributed by atoms with van der Waals surface area (Å²) in [7, 11) is 6.04. The molecule has 0 rings (SSSR count). The van der Waals surface area contributed by atoms with Crippen molar-refractivity contribution in [2.24, 2.45) is 0 Å². The second-order valence-electron chi connectivity index (χ2n) is 2.72. The van der Waals surface area contributed by atoms with Crippen molar-refractivity contribution in [3.8, 4) is 0 Å². The summed E-state index contributed by atoms with van der Waals surface area (Å²) in [5, 5.41) is 9.93. The minimum absolute atomic E-state index is 0. The monoisotopic (exact) mass is 368 g/mol. The van der Waals surface area contributed by atoms with Gasteiger partial charge in [-0.1, -0.05) is 6.61 Å². The predicted molar refractivity (Wildman–Crippen MR) is 27.8 cm³/mol. The van der Waals surface area contributed by atoms with Crippen molar-refractivity contribution < 1.29 is 55.5 Å². The van der Waals surface area contributed by atoms with Crippen LogP contribution in [0.1, 0.15) is 0 Å². The molecule has 0 spiro atoms. The van der Waals surface area contributed by atoms with Gasteiger partial charge in [-0.2, -0.15) is 0 Å². The van der Waals surface area contributed by atoms with Crippen molar-refractivity contribution in [1.82, 2.24) is 0 Å². The zero-order valence-corrected chi connectivity index (χ0v) is 10.1. The van der Waals surface area contributed by atoms with Crippen LogP contribution in [0.3, 0.4) is 0 Å². The summed E-state index contributed by atoms with van der Waals surface area (Å²) < 4.78 is 0.781. The summed E-state index contributed by atoms with van der Waals surface area (Å²) in [6, 6.07) is 0. The molecule has 0 N–H and O–H groups in total. The number of rotatable bonds is 2. The molecule has 0 saturated heterocycles. The van der Waals surface area contributed by atoms with Gasteiger partial charge >= 0.3 is 21.1 Å². The number of likely N-dealkylation sites (N-methyl/N-ethyl adjacent to an activating group) is 1. The molecule has 0 aliphatic rings. The molecule has 10 heavy (non-hydrogen) atoms. The van der Waals surface area contributed by atoms with Gasteiger partial charge in [-0.15, -0.1) is 0 Å². The molecule has 68 valence electrons. The molecule has 0 aliphatic carbocycles. The average molecular weight is 369 g/mol. The van der Waals surface area contributed by atoms with E-state index in [1.807, 2.05) is 21.1 Å². The Hall–Kier alpha value is 1.19. The Labute approximate surface area is 89.7 Å². The fourth-order valence-corrected chi connectivity index (χ4v) is 0.274. The molecule has 0 heterocycles. The van der Waals surface area contributed by atoms with E-state index >= 15 is 0 Å². The van der Waals surface area contributed by atoms with Crippen LogP contribution >= 0.6 is 0 Å². The Kier molecular flexibility index (Phi) is 22.9. The van der Waals surface area contributed by atoms with Crippen molar-refractivity contribution >= 4 is 0 Å². The van der Waals surface area contributed by atoms with Crippen LogP contribution in [0.15, 0.2) is 0 Å². The maximum absolute atomic E-state index is 9.93. The molecule has 0 unspecified atom stereocenters. The van der Waals surface area contributed by atoms with E-state index in [2.05, 4.69) is 0 Å². The van der Waals surface area contributed by atoms with Crippen LogP contribution in [0.25, 0.3) is 0 Å². The first-order chi connectivity index (χ1) is 3.06. The molecular formula is C5H13Cl2NOPt. The summed E-state index contributed by atoms with van der Waals surface area (Å²) in [6.45, 7) is 0.753. The molecule has 0 amide bonds. The van der Waals surface area contributed by atoms with Crippen LogP contribution in [-0.4, -0.2) is 38.8 Å². The maximum atomic E-state index is 9.93. The maximum Gasteiger partial charge on any atom is 2.00 e. The van der Waals surface area contributed by atoms with E-state index in [9.17, 15) is 5.11 Å². The van der Waals surface area contributed by atoms with Crippen LogP contribution in [0, 0.1) is 0 Å². The molecule has 0 aromatic carbocycles. The average Bonchev–Trinajstić information content (AvgIpc) is 1.30. The molecule has 0 saturated carbocycles. The van der Waals surface area contributed by atoms with E-state index in [-0.39, 0.29) is 52.5 Å². The van der Waals surface area contributed by atoms with E-state index in [1.54, 1.807) is 0 Å². The van der Waals surface area contributed by atoms with E-state index in [0.29, 0.717) is 0 Å². The van der Waals surface area contributed by atoms with Gasteiger partial charge in [0.05, 0.1) is 27.7 Å². The molecule has 0 aliphatic heterocycles. The molecule has 0 aromatic heterocycles. The van der Waals surface area contributed by atoms with Gasteiger partial charge in [-0.25, -0.2) is 0 Å². The molecule has 0 atom stereocenters. The molecular weight excluding hydrogens is 356 g/mol. The Morgan fingerprint density at radius 2 is 1.40 bits per heavy atom. The van der Waals surface area contributed by atoms with Gasteiger partial charge in [0, 0.05) is 0 Å². The zero-order chi connectivity index (χ0) is 5.91. The third-order valence-corrected chi connectivity index (χ3v) is 0.762. The Morgan fingerprint density at radius 3 is 1.40 bits per heavy atom.